The third-order valence-corrected chi connectivity index (χ3v) is 2.63. The lowest BCUT2D eigenvalue weighted by atomic mass is 10.1. The van der Waals surface area contributed by atoms with E-state index in [-0.39, 0.29) is 6.10 Å². The second-order valence-electron chi connectivity index (χ2n) is 4.07. The van der Waals surface area contributed by atoms with Gasteiger partial charge in [-0.25, -0.2) is 0 Å². The fourth-order valence-corrected chi connectivity index (χ4v) is 1.61. The lowest BCUT2D eigenvalue weighted by Crippen LogP contribution is -2.00. The molecule has 0 aliphatic heterocycles. The summed E-state index contributed by atoms with van der Waals surface area (Å²) in [6.07, 6.45) is 12.8. The van der Waals surface area contributed by atoms with E-state index in [0.717, 1.165) is 12.8 Å². The Morgan fingerprint density at radius 3 is 2.00 bits per heavy atom. The molecule has 0 aromatic carbocycles. The molecule has 0 aromatic heterocycles. The van der Waals surface area contributed by atoms with Crippen molar-refractivity contribution in [3.8, 4) is 0 Å². The van der Waals surface area contributed by atoms with Crippen LogP contribution in [0.1, 0.15) is 64.7 Å². The topological polar surface area (TPSA) is 20.2 Å². The molecule has 84 valence electrons. The van der Waals surface area contributed by atoms with Crippen molar-refractivity contribution >= 4 is 0 Å². The largest absolute Gasteiger partial charge is 0.389 e. The number of rotatable bonds is 10. The van der Waals surface area contributed by atoms with Gasteiger partial charge in [-0.2, -0.15) is 0 Å². The molecule has 1 nitrogen and oxygen atoms in total. The number of hydrogen-bond acceptors (Lipinski definition) is 1. The molecular formula is C13H26O. The first-order valence-electron chi connectivity index (χ1n) is 6.12. The molecule has 1 N–H and O–H groups in total. The van der Waals surface area contributed by atoms with Gasteiger partial charge in [0, 0.05) is 0 Å². The average molecular weight is 198 g/mol. The van der Waals surface area contributed by atoms with Crippen LogP contribution in [0.4, 0.5) is 0 Å². The molecule has 0 aliphatic rings. The fourth-order valence-electron chi connectivity index (χ4n) is 1.61. The van der Waals surface area contributed by atoms with Crippen molar-refractivity contribution in [2.75, 3.05) is 0 Å². The van der Waals surface area contributed by atoms with Crippen LogP contribution in [0.2, 0.25) is 0 Å². The van der Waals surface area contributed by atoms with Crippen LogP contribution < -0.4 is 0 Å². The van der Waals surface area contributed by atoms with Crippen LogP contribution in [0.5, 0.6) is 0 Å². The highest BCUT2D eigenvalue weighted by atomic mass is 16.3. The van der Waals surface area contributed by atoms with Gasteiger partial charge in [0.2, 0.25) is 0 Å². The van der Waals surface area contributed by atoms with Crippen molar-refractivity contribution in [2.45, 2.75) is 70.8 Å². The Bertz CT molecular complexity index is 120. The number of hydrogen-bond donors (Lipinski definition) is 1. The molecule has 0 unspecified atom stereocenters. The van der Waals surface area contributed by atoms with Crippen LogP contribution in [0.3, 0.4) is 0 Å². The van der Waals surface area contributed by atoms with Gasteiger partial charge in [-0.1, -0.05) is 64.4 Å². The zero-order valence-electron chi connectivity index (χ0n) is 9.67. The van der Waals surface area contributed by atoms with Crippen LogP contribution in [0.15, 0.2) is 12.7 Å². The average Bonchev–Trinajstić information content (AvgIpc) is 2.21. The zero-order valence-corrected chi connectivity index (χ0v) is 9.67. The number of aliphatic hydroxyl groups is 1. The predicted molar refractivity (Wildman–Crippen MR) is 63.4 cm³/mol. The molecule has 0 radical (unpaired) electrons. The van der Waals surface area contributed by atoms with E-state index >= 15 is 0 Å². The summed E-state index contributed by atoms with van der Waals surface area (Å²) in [6.45, 7) is 5.81. The number of aliphatic hydroxyl groups excluding tert-OH is 1. The molecule has 1 atom stereocenters. The molecule has 0 aromatic rings. The van der Waals surface area contributed by atoms with Gasteiger partial charge in [0.25, 0.3) is 0 Å². The highest BCUT2D eigenvalue weighted by Crippen LogP contribution is 2.10. The molecule has 0 spiro atoms. The molecule has 0 rings (SSSR count). The summed E-state index contributed by atoms with van der Waals surface area (Å²) in [5.41, 5.74) is 0. The molecule has 0 aliphatic carbocycles. The molecular weight excluding hydrogens is 172 g/mol. The van der Waals surface area contributed by atoms with E-state index in [1.54, 1.807) is 6.08 Å². The van der Waals surface area contributed by atoms with Crippen molar-refractivity contribution < 1.29 is 5.11 Å². The minimum atomic E-state index is -0.282. The zero-order chi connectivity index (χ0) is 10.6. The van der Waals surface area contributed by atoms with Gasteiger partial charge in [-0.05, 0) is 6.42 Å². The third kappa shape index (κ3) is 9.79. The lowest BCUT2D eigenvalue weighted by molar-refractivity contribution is 0.208. The smallest absolute Gasteiger partial charge is 0.0718 e. The van der Waals surface area contributed by atoms with Crippen LogP contribution in [-0.2, 0) is 0 Å². The van der Waals surface area contributed by atoms with Crippen molar-refractivity contribution in [3.05, 3.63) is 12.7 Å². The first-order chi connectivity index (χ1) is 6.81. The van der Waals surface area contributed by atoms with E-state index in [1.807, 2.05) is 0 Å². The van der Waals surface area contributed by atoms with Gasteiger partial charge >= 0.3 is 0 Å². The van der Waals surface area contributed by atoms with Crippen molar-refractivity contribution in [2.24, 2.45) is 0 Å². The van der Waals surface area contributed by atoms with Crippen molar-refractivity contribution in [3.63, 3.8) is 0 Å². The minimum Gasteiger partial charge on any atom is -0.389 e. The van der Waals surface area contributed by atoms with Crippen LogP contribution in [0, 0.1) is 0 Å². The Balaban J connectivity index is 2.95. The van der Waals surface area contributed by atoms with Crippen molar-refractivity contribution in [1.29, 1.82) is 0 Å². The van der Waals surface area contributed by atoms with E-state index in [4.69, 9.17) is 0 Å². The van der Waals surface area contributed by atoms with Crippen LogP contribution >= 0.6 is 0 Å². The lowest BCUT2D eigenvalue weighted by Gasteiger charge is -2.04. The van der Waals surface area contributed by atoms with Gasteiger partial charge in [0.15, 0.2) is 0 Å². The normalized spacial score (nSPS) is 12.7. The molecule has 0 amide bonds. The Labute approximate surface area is 89.2 Å². The molecule has 14 heavy (non-hydrogen) atoms. The van der Waals surface area contributed by atoms with E-state index in [0.29, 0.717) is 0 Å². The second-order valence-corrected chi connectivity index (χ2v) is 4.07. The maximum absolute atomic E-state index is 9.21. The Morgan fingerprint density at radius 2 is 1.50 bits per heavy atom. The van der Waals surface area contributed by atoms with Crippen LogP contribution in [-0.4, -0.2) is 11.2 Å². The summed E-state index contributed by atoms with van der Waals surface area (Å²) in [4.78, 5) is 0. The first-order valence-corrected chi connectivity index (χ1v) is 6.12. The number of unbranched alkanes of at least 4 members (excludes halogenated alkanes) is 7. The third-order valence-electron chi connectivity index (χ3n) is 2.63. The van der Waals surface area contributed by atoms with Crippen LogP contribution in [0.25, 0.3) is 0 Å². The Hall–Kier alpha value is -0.300. The molecule has 0 saturated carbocycles. The molecule has 0 heterocycles. The highest BCUT2D eigenvalue weighted by molar-refractivity contribution is 4.77. The summed E-state index contributed by atoms with van der Waals surface area (Å²) in [5, 5.41) is 9.21. The summed E-state index contributed by atoms with van der Waals surface area (Å²) >= 11 is 0. The van der Waals surface area contributed by atoms with Gasteiger partial charge in [-0.15, -0.1) is 6.58 Å². The summed E-state index contributed by atoms with van der Waals surface area (Å²) < 4.78 is 0. The quantitative estimate of drug-likeness (QED) is 0.414. The van der Waals surface area contributed by atoms with Gasteiger partial charge in [0.05, 0.1) is 6.10 Å². The predicted octanol–water partition coefficient (Wildman–Crippen LogP) is 4.06. The summed E-state index contributed by atoms with van der Waals surface area (Å²) in [7, 11) is 0. The minimum absolute atomic E-state index is 0.282. The van der Waals surface area contributed by atoms with E-state index in [1.165, 1.54) is 44.9 Å². The summed E-state index contributed by atoms with van der Waals surface area (Å²) in [6, 6.07) is 0. The maximum Gasteiger partial charge on any atom is 0.0718 e. The molecule has 0 fully saturated rings. The molecule has 0 bridgehead atoms. The monoisotopic (exact) mass is 198 g/mol. The van der Waals surface area contributed by atoms with Gasteiger partial charge in [-0.3, -0.25) is 0 Å². The SMILES string of the molecule is C=C[C@H](O)CCCCCCCCCC. The Morgan fingerprint density at radius 1 is 1.00 bits per heavy atom. The maximum atomic E-state index is 9.21. The Kier molecular flexibility index (Phi) is 10.5. The summed E-state index contributed by atoms with van der Waals surface area (Å²) in [5.74, 6) is 0. The molecule has 0 saturated heterocycles. The van der Waals surface area contributed by atoms with E-state index < -0.39 is 0 Å². The fraction of sp³-hybridized carbons (Fsp3) is 0.846. The standard InChI is InChI=1S/C13H26O/c1-3-5-6-7-8-9-10-11-12-13(14)4-2/h4,13-14H,2-3,5-12H2,1H3/t13-/m0/s1. The van der Waals surface area contributed by atoms with Gasteiger partial charge < -0.3 is 5.11 Å². The van der Waals surface area contributed by atoms with E-state index in [9.17, 15) is 5.11 Å². The van der Waals surface area contributed by atoms with Gasteiger partial charge in [0.1, 0.15) is 0 Å². The second kappa shape index (κ2) is 10.8. The highest BCUT2D eigenvalue weighted by Gasteiger charge is 1.97. The first kappa shape index (κ1) is 13.7. The van der Waals surface area contributed by atoms with Crippen molar-refractivity contribution in [1.82, 2.24) is 0 Å². The molecule has 1 heteroatoms. The van der Waals surface area contributed by atoms with E-state index in [2.05, 4.69) is 13.5 Å².